The fourth-order valence-electron chi connectivity index (χ4n) is 2.51. The molecule has 0 amide bonds. The first-order chi connectivity index (χ1) is 10.3. The highest BCUT2D eigenvalue weighted by atomic mass is 79.9. The number of nitrogens with one attached hydrogen (secondary N) is 1. The van der Waals surface area contributed by atoms with E-state index in [4.69, 9.17) is 10.00 Å². The standard InChI is InChI=1S/C17H15BrN2O/c18-15-9-13-6-8-21-17(13)14(10-15)11-20-16-3-1-12(2-4-16)5-7-19/h1-4,9-10,20H,5-6,8,11H2. The summed E-state index contributed by atoms with van der Waals surface area (Å²) in [5.41, 5.74) is 4.52. The van der Waals surface area contributed by atoms with Crippen LogP contribution in [0.5, 0.6) is 5.75 Å². The van der Waals surface area contributed by atoms with Crippen LogP contribution in [-0.2, 0) is 19.4 Å². The maximum atomic E-state index is 8.67. The van der Waals surface area contributed by atoms with Gasteiger partial charge in [0, 0.05) is 28.7 Å². The van der Waals surface area contributed by atoms with Crippen molar-refractivity contribution in [1.29, 1.82) is 5.26 Å². The third kappa shape index (κ3) is 3.20. The molecule has 1 aliphatic rings. The fraction of sp³-hybridized carbons (Fsp3) is 0.235. The molecule has 2 aromatic carbocycles. The molecule has 0 radical (unpaired) electrons. The zero-order valence-corrected chi connectivity index (χ0v) is 13.1. The largest absolute Gasteiger partial charge is 0.493 e. The molecule has 0 bridgehead atoms. The highest BCUT2D eigenvalue weighted by Crippen LogP contribution is 2.33. The van der Waals surface area contributed by atoms with Gasteiger partial charge in [0.2, 0.25) is 0 Å². The minimum atomic E-state index is 0.452. The number of nitriles is 1. The number of hydrogen-bond acceptors (Lipinski definition) is 3. The van der Waals surface area contributed by atoms with E-state index in [1.165, 1.54) is 5.56 Å². The van der Waals surface area contributed by atoms with E-state index in [0.29, 0.717) is 6.42 Å². The molecule has 0 unspecified atom stereocenters. The summed E-state index contributed by atoms with van der Waals surface area (Å²) < 4.78 is 6.82. The summed E-state index contributed by atoms with van der Waals surface area (Å²) in [7, 11) is 0. The van der Waals surface area contributed by atoms with Gasteiger partial charge in [-0.15, -0.1) is 0 Å². The molecule has 1 aliphatic heterocycles. The predicted octanol–water partition coefficient (Wildman–Crippen LogP) is 4.06. The summed E-state index contributed by atoms with van der Waals surface area (Å²) in [6, 6.07) is 14.4. The lowest BCUT2D eigenvalue weighted by atomic mass is 10.1. The molecule has 1 N–H and O–H groups in total. The Kier molecular flexibility index (Phi) is 4.12. The molecule has 4 heteroatoms. The number of ether oxygens (including phenoxy) is 1. The third-order valence-corrected chi connectivity index (χ3v) is 4.00. The van der Waals surface area contributed by atoms with E-state index in [2.05, 4.69) is 39.4 Å². The molecular weight excluding hydrogens is 328 g/mol. The molecule has 0 saturated heterocycles. The number of anilines is 1. The Morgan fingerprint density at radius 2 is 2.05 bits per heavy atom. The topological polar surface area (TPSA) is 45.0 Å². The molecular formula is C17H15BrN2O. The SMILES string of the molecule is N#CCc1ccc(NCc2cc(Br)cc3c2OCC3)cc1. The van der Waals surface area contributed by atoms with Crippen LogP contribution in [0.3, 0.4) is 0 Å². The quantitative estimate of drug-likeness (QED) is 0.911. The monoisotopic (exact) mass is 342 g/mol. The average molecular weight is 343 g/mol. The van der Waals surface area contributed by atoms with Crippen LogP contribution in [0.25, 0.3) is 0 Å². The number of nitrogens with zero attached hydrogens (tertiary/aromatic N) is 1. The van der Waals surface area contributed by atoms with Crippen molar-refractivity contribution in [1.82, 2.24) is 0 Å². The van der Waals surface area contributed by atoms with Gasteiger partial charge in [-0.3, -0.25) is 0 Å². The van der Waals surface area contributed by atoms with Gasteiger partial charge in [0.25, 0.3) is 0 Å². The van der Waals surface area contributed by atoms with Gasteiger partial charge in [0.05, 0.1) is 19.1 Å². The predicted molar refractivity (Wildman–Crippen MR) is 86.4 cm³/mol. The van der Waals surface area contributed by atoms with E-state index >= 15 is 0 Å². The van der Waals surface area contributed by atoms with Crippen molar-refractivity contribution < 1.29 is 4.74 Å². The van der Waals surface area contributed by atoms with Crippen molar-refractivity contribution in [2.75, 3.05) is 11.9 Å². The molecule has 21 heavy (non-hydrogen) atoms. The number of rotatable bonds is 4. The molecule has 1 heterocycles. The molecule has 3 rings (SSSR count). The molecule has 106 valence electrons. The number of halogens is 1. The highest BCUT2D eigenvalue weighted by Gasteiger charge is 2.17. The van der Waals surface area contributed by atoms with Crippen molar-refractivity contribution in [3.05, 3.63) is 57.6 Å². The van der Waals surface area contributed by atoms with Crippen molar-refractivity contribution in [2.24, 2.45) is 0 Å². The Morgan fingerprint density at radius 3 is 2.81 bits per heavy atom. The van der Waals surface area contributed by atoms with Crippen LogP contribution in [0.15, 0.2) is 40.9 Å². The number of benzene rings is 2. The van der Waals surface area contributed by atoms with Gasteiger partial charge in [-0.2, -0.15) is 5.26 Å². The molecule has 0 spiro atoms. The second-order valence-electron chi connectivity index (χ2n) is 5.04. The van der Waals surface area contributed by atoms with Gasteiger partial charge >= 0.3 is 0 Å². The summed E-state index contributed by atoms with van der Waals surface area (Å²) in [5.74, 6) is 1.02. The minimum absolute atomic E-state index is 0.452. The lowest BCUT2D eigenvalue weighted by Gasteiger charge is -2.11. The first kappa shape index (κ1) is 14.0. The first-order valence-corrected chi connectivity index (χ1v) is 7.69. The summed E-state index contributed by atoms with van der Waals surface area (Å²) in [5, 5.41) is 12.1. The van der Waals surface area contributed by atoms with Gasteiger partial charge in [-0.25, -0.2) is 0 Å². The van der Waals surface area contributed by atoms with Crippen LogP contribution in [0.2, 0.25) is 0 Å². The van der Waals surface area contributed by atoms with E-state index in [1.54, 1.807) is 0 Å². The number of hydrogen-bond donors (Lipinski definition) is 1. The van der Waals surface area contributed by atoms with Gasteiger partial charge in [-0.05, 0) is 35.4 Å². The summed E-state index contributed by atoms with van der Waals surface area (Å²) in [6.07, 6.45) is 1.43. The zero-order chi connectivity index (χ0) is 14.7. The van der Waals surface area contributed by atoms with Crippen molar-refractivity contribution in [2.45, 2.75) is 19.4 Å². The maximum Gasteiger partial charge on any atom is 0.127 e. The minimum Gasteiger partial charge on any atom is -0.493 e. The van der Waals surface area contributed by atoms with E-state index in [-0.39, 0.29) is 0 Å². The Balaban J connectivity index is 1.72. The Bertz CT molecular complexity index is 689. The number of fused-ring (bicyclic) bond motifs is 1. The van der Waals surface area contributed by atoms with Gasteiger partial charge < -0.3 is 10.1 Å². The van der Waals surface area contributed by atoms with Gasteiger partial charge in [-0.1, -0.05) is 28.1 Å². The van der Waals surface area contributed by atoms with Crippen LogP contribution in [0, 0.1) is 11.3 Å². The second-order valence-corrected chi connectivity index (χ2v) is 5.95. The molecule has 3 nitrogen and oxygen atoms in total. The summed E-state index contributed by atoms with van der Waals surface area (Å²) in [6.45, 7) is 1.49. The van der Waals surface area contributed by atoms with Crippen LogP contribution in [0.4, 0.5) is 5.69 Å². The Hall–Kier alpha value is -1.99. The van der Waals surface area contributed by atoms with Crippen molar-refractivity contribution >= 4 is 21.6 Å². The van der Waals surface area contributed by atoms with Gasteiger partial charge in [0.15, 0.2) is 0 Å². The zero-order valence-electron chi connectivity index (χ0n) is 11.5. The van der Waals surface area contributed by atoms with E-state index < -0.39 is 0 Å². The second kappa shape index (κ2) is 6.19. The first-order valence-electron chi connectivity index (χ1n) is 6.90. The van der Waals surface area contributed by atoms with Crippen LogP contribution in [-0.4, -0.2) is 6.61 Å². The third-order valence-electron chi connectivity index (χ3n) is 3.55. The normalized spacial score (nSPS) is 12.4. The van der Waals surface area contributed by atoms with E-state index in [9.17, 15) is 0 Å². The summed E-state index contributed by atoms with van der Waals surface area (Å²) in [4.78, 5) is 0. The van der Waals surface area contributed by atoms with Crippen molar-refractivity contribution in [3.8, 4) is 11.8 Å². The van der Waals surface area contributed by atoms with E-state index in [0.717, 1.165) is 46.6 Å². The summed E-state index contributed by atoms with van der Waals surface area (Å²) >= 11 is 3.55. The van der Waals surface area contributed by atoms with Crippen LogP contribution >= 0.6 is 15.9 Å². The smallest absolute Gasteiger partial charge is 0.127 e. The fourth-order valence-corrected chi connectivity index (χ4v) is 3.06. The average Bonchev–Trinajstić information content (AvgIpc) is 2.94. The van der Waals surface area contributed by atoms with E-state index in [1.807, 2.05) is 24.3 Å². The molecule has 0 fully saturated rings. The molecule has 0 aromatic heterocycles. The molecule has 2 aromatic rings. The van der Waals surface area contributed by atoms with Crippen LogP contribution in [0.1, 0.15) is 16.7 Å². The maximum absolute atomic E-state index is 8.67. The molecule has 0 saturated carbocycles. The molecule has 0 atom stereocenters. The molecule has 0 aliphatic carbocycles. The van der Waals surface area contributed by atoms with Gasteiger partial charge in [0.1, 0.15) is 5.75 Å². The Morgan fingerprint density at radius 1 is 1.24 bits per heavy atom. The lowest BCUT2D eigenvalue weighted by Crippen LogP contribution is -2.02. The lowest BCUT2D eigenvalue weighted by molar-refractivity contribution is 0.354. The van der Waals surface area contributed by atoms with Crippen LogP contribution < -0.4 is 10.1 Å². The Labute approximate surface area is 132 Å². The highest BCUT2D eigenvalue weighted by molar-refractivity contribution is 9.10. The van der Waals surface area contributed by atoms with Crippen molar-refractivity contribution in [3.63, 3.8) is 0 Å².